The fraction of sp³-hybridized carbons (Fsp3) is 0.333. The van der Waals surface area contributed by atoms with E-state index in [-0.39, 0.29) is 5.02 Å². The van der Waals surface area contributed by atoms with Crippen LogP contribution in [0.2, 0.25) is 5.02 Å². The Morgan fingerprint density at radius 3 is 2.67 bits per heavy atom. The van der Waals surface area contributed by atoms with Crippen LogP contribution >= 0.6 is 11.6 Å². The maximum Gasteiger partial charge on any atom is 0.224 e. The summed E-state index contributed by atoms with van der Waals surface area (Å²) in [5.74, 6) is 1.26. The SMILES string of the molecule is Cc1cc(Nc2ccc(F)c(Cl)c2)nc(NCC(C)C)n1. The Balaban J connectivity index is 2.17. The first kappa shape index (κ1) is 15.5. The van der Waals surface area contributed by atoms with Crippen LogP contribution < -0.4 is 10.6 Å². The number of rotatable bonds is 5. The number of anilines is 3. The summed E-state index contributed by atoms with van der Waals surface area (Å²) in [6, 6.07) is 6.27. The Morgan fingerprint density at radius 1 is 1.24 bits per heavy atom. The Morgan fingerprint density at radius 2 is 2.00 bits per heavy atom. The van der Waals surface area contributed by atoms with E-state index in [2.05, 4.69) is 34.4 Å². The average Bonchev–Trinajstić information content (AvgIpc) is 2.40. The highest BCUT2D eigenvalue weighted by atomic mass is 35.5. The molecule has 1 heterocycles. The fourth-order valence-corrected chi connectivity index (χ4v) is 1.91. The molecule has 21 heavy (non-hydrogen) atoms. The molecule has 0 amide bonds. The maximum absolute atomic E-state index is 13.1. The second-order valence-corrected chi connectivity index (χ2v) is 5.65. The van der Waals surface area contributed by atoms with Crippen molar-refractivity contribution in [3.63, 3.8) is 0 Å². The minimum atomic E-state index is -0.444. The molecule has 0 atom stereocenters. The summed E-state index contributed by atoms with van der Waals surface area (Å²) in [6.45, 7) is 6.92. The molecule has 6 heteroatoms. The van der Waals surface area contributed by atoms with Gasteiger partial charge >= 0.3 is 0 Å². The van der Waals surface area contributed by atoms with Gasteiger partial charge in [0.15, 0.2) is 0 Å². The van der Waals surface area contributed by atoms with Crippen molar-refractivity contribution in [3.8, 4) is 0 Å². The monoisotopic (exact) mass is 308 g/mol. The molecule has 0 aliphatic carbocycles. The number of aryl methyl sites for hydroxylation is 1. The second-order valence-electron chi connectivity index (χ2n) is 5.25. The molecule has 2 N–H and O–H groups in total. The molecule has 2 aromatic rings. The fourth-order valence-electron chi connectivity index (χ4n) is 1.73. The molecule has 0 aliphatic heterocycles. The first-order valence-corrected chi connectivity index (χ1v) is 7.13. The van der Waals surface area contributed by atoms with Crippen LogP contribution in [-0.2, 0) is 0 Å². The molecular formula is C15H18ClFN4. The van der Waals surface area contributed by atoms with Crippen LogP contribution in [0.3, 0.4) is 0 Å². The number of nitrogens with one attached hydrogen (secondary N) is 2. The van der Waals surface area contributed by atoms with E-state index in [1.54, 1.807) is 6.07 Å². The topological polar surface area (TPSA) is 49.8 Å². The van der Waals surface area contributed by atoms with Crippen LogP contribution in [0.25, 0.3) is 0 Å². The molecule has 2 rings (SSSR count). The first-order chi connectivity index (χ1) is 9.94. The van der Waals surface area contributed by atoms with E-state index in [1.807, 2.05) is 13.0 Å². The quantitative estimate of drug-likeness (QED) is 0.860. The summed E-state index contributed by atoms with van der Waals surface area (Å²) in [5.41, 5.74) is 1.52. The van der Waals surface area contributed by atoms with Crippen LogP contribution in [0.4, 0.5) is 21.8 Å². The normalized spacial score (nSPS) is 10.8. The van der Waals surface area contributed by atoms with Crippen molar-refractivity contribution in [1.29, 1.82) is 0 Å². The molecule has 1 aromatic carbocycles. The van der Waals surface area contributed by atoms with Crippen molar-refractivity contribution < 1.29 is 4.39 Å². The van der Waals surface area contributed by atoms with Crippen LogP contribution in [0.1, 0.15) is 19.5 Å². The molecule has 1 aromatic heterocycles. The van der Waals surface area contributed by atoms with Crippen LogP contribution in [-0.4, -0.2) is 16.5 Å². The summed E-state index contributed by atoms with van der Waals surface area (Å²) in [7, 11) is 0. The highest BCUT2D eigenvalue weighted by molar-refractivity contribution is 6.31. The molecule has 0 saturated carbocycles. The highest BCUT2D eigenvalue weighted by Crippen LogP contribution is 2.22. The predicted octanol–water partition coefficient (Wildman–Crippen LogP) is 4.39. The van der Waals surface area contributed by atoms with Gasteiger partial charge in [0.05, 0.1) is 5.02 Å². The van der Waals surface area contributed by atoms with Gasteiger partial charge in [-0.1, -0.05) is 25.4 Å². The summed E-state index contributed by atoms with van der Waals surface area (Å²) < 4.78 is 13.1. The molecule has 0 fully saturated rings. The van der Waals surface area contributed by atoms with E-state index in [0.717, 1.165) is 12.2 Å². The predicted molar refractivity (Wildman–Crippen MR) is 84.8 cm³/mol. The van der Waals surface area contributed by atoms with Gasteiger partial charge in [-0.15, -0.1) is 0 Å². The van der Waals surface area contributed by atoms with Gasteiger partial charge in [0.1, 0.15) is 11.6 Å². The standard InChI is InChI=1S/C15H18ClFN4/c1-9(2)8-18-15-19-10(3)6-14(21-15)20-11-4-5-13(17)12(16)7-11/h4-7,9H,8H2,1-3H3,(H2,18,19,20,21). The van der Waals surface area contributed by atoms with Gasteiger partial charge in [-0.05, 0) is 31.0 Å². The zero-order valence-electron chi connectivity index (χ0n) is 12.2. The molecule has 0 unspecified atom stereocenters. The molecule has 0 radical (unpaired) electrons. The maximum atomic E-state index is 13.1. The molecule has 4 nitrogen and oxygen atoms in total. The number of hydrogen-bond donors (Lipinski definition) is 2. The number of benzene rings is 1. The lowest BCUT2D eigenvalue weighted by Gasteiger charge is -2.11. The van der Waals surface area contributed by atoms with Gasteiger partial charge in [0.25, 0.3) is 0 Å². The lowest BCUT2D eigenvalue weighted by molar-refractivity contribution is 0.628. The van der Waals surface area contributed by atoms with Crippen molar-refractivity contribution in [2.24, 2.45) is 5.92 Å². The number of aromatic nitrogens is 2. The van der Waals surface area contributed by atoms with E-state index in [0.29, 0.717) is 23.4 Å². The van der Waals surface area contributed by atoms with Crippen molar-refractivity contribution in [3.05, 3.63) is 40.8 Å². The first-order valence-electron chi connectivity index (χ1n) is 6.75. The molecule has 0 bridgehead atoms. The van der Waals surface area contributed by atoms with Crippen LogP contribution in [0.5, 0.6) is 0 Å². The van der Waals surface area contributed by atoms with Gasteiger partial charge < -0.3 is 10.6 Å². The molecule has 112 valence electrons. The van der Waals surface area contributed by atoms with Crippen molar-refractivity contribution in [2.45, 2.75) is 20.8 Å². The highest BCUT2D eigenvalue weighted by Gasteiger charge is 2.05. The summed E-state index contributed by atoms with van der Waals surface area (Å²) in [4.78, 5) is 8.71. The third kappa shape index (κ3) is 4.56. The van der Waals surface area contributed by atoms with E-state index < -0.39 is 5.82 Å². The van der Waals surface area contributed by atoms with Gasteiger partial charge in [-0.2, -0.15) is 4.98 Å². The van der Waals surface area contributed by atoms with Crippen molar-refractivity contribution >= 4 is 29.1 Å². The van der Waals surface area contributed by atoms with Gasteiger partial charge in [-0.3, -0.25) is 0 Å². The van der Waals surface area contributed by atoms with Gasteiger partial charge in [0.2, 0.25) is 5.95 Å². The van der Waals surface area contributed by atoms with E-state index in [1.165, 1.54) is 12.1 Å². The summed E-state index contributed by atoms with van der Waals surface area (Å²) >= 11 is 5.77. The number of hydrogen-bond acceptors (Lipinski definition) is 4. The molecular weight excluding hydrogens is 291 g/mol. The minimum absolute atomic E-state index is 0.0731. The Bertz CT molecular complexity index is 631. The summed E-state index contributed by atoms with van der Waals surface area (Å²) in [5, 5.41) is 6.35. The zero-order valence-corrected chi connectivity index (χ0v) is 13.0. The van der Waals surface area contributed by atoms with E-state index in [9.17, 15) is 4.39 Å². The van der Waals surface area contributed by atoms with Crippen molar-refractivity contribution in [1.82, 2.24) is 9.97 Å². The summed E-state index contributed by atoms with van der Waals surface area (Å²) in [6.07, 6.45) is 0. The van der Waals surface area contributed by atoms with Gasteiger partial charge in [-0.25, -0.2) is 9.37 Å². The number of nitrogens with zero attached hydrogens (tertiary/aromatic N) is 2. The van der Waals surface area contributed by atoms with Crippen LogP contribution in [0, 0.1) is 18.7 Å². The minimum Gasteiger partial charge on any atom is -0.354 e. The average molecular weight is 309 g/mol. The lowest BCUT2D eigenvalue weighted by Crippen LogP contribution is -2.11. The third-order valence-corrected chi connectivity index (χ3v) is 3.00. The Kier molecular flexibility index (Phi) is 4.96. The molecule has 0 saturated heterocycles. The second kappa shape index (κ2) is 6.72. The largest absolute Gasteiger partial charge is 0.354 e. The zero-order chi connectivity index (χ0) is 15.4. The third-order valence-electron chi connectivity index (χ3n) is 2.71. The number of halogens is 2. The Hall–Kier alpha value is -1.88. The Labute approximate surface area is 128 Å². The van der Waals surface area contributed by atoms with Gasteiger partial charge in [0, 0.05) is 24.0 Å². The van der Waals surface area contributed by atoms with E-state index in [4.69, 9.17) is 11.6 Å². The van der Waals surface area contributed by atoms with Crippen molar-refractivity contribution in [2.75, 3.05) is 17.2 Å². The van der Waals surface area contributed by atoms with E-state index >= 15 is 0 Å². The molecule has 0 spiro atoms. The van der Waals surface area contributed by atoms with Crippen LogP contribution in [0.15, 0.2) is 24.3 Å². The lowest BCUT2D eigenvalue weighted by atomic mass is 10.2. The molecule has 0 aliphatic rings. The smallest absolute Gasteiger partial charge is 0.224 e.